The fourth-order valence-corrected chi connectivity index (χ4v) is 1.42. The van der Waals surface area contributed by atoms with Crippen LogP contribution < -0.4 is 11.1 Å². The maximum Gasteiger partial charge on any atom is 0.248 e. The van der Waals surface area contributed by atoms with Crippen molar-refractivity contribution >= 4 is 22.4 Å². The molecule has 0 bridgehead atoms. The van der Waals surface area contributed by atoms with Crippen LogP contribution in [0.1, 0.15) is 5.69 Å². The Morgan fingerprint density at radius 2 is 2.62 bits per heavy atom. The number of aliphatic hydroxyl groups excluding tert-OH is 1. The Hall–Kier alpha value is -1.14. The van der Waals surface area contributed by atoms with Gasteiger partial charge in [0.05, 0.1) is 12.2 Å². The number of aromatic nitrogens is 1. The predicted octanol–water partition coefficient (Wildman–Crippen LogP) is -0.290. The zero-order chi connectivity index (χ0) is 9.84. The van der Waals surface area contributed by atoms with E-state index in [9.17, 15) is 4.79 Å². The quantitative estimate of drug-likeness (QED) is 0.624. The SMILES string of the molecule is Cc1csc(NCC(O)C(N)=O)n1. The molecular formula is C7H11N3O2S. The first-order chi connectivity index (χ1) is 6.09. The molecule has 1 heterocycles. The van der Waals surface area contributed by atoms with E-state index in [-0.39, 0.29) is 6.54 Å². The molecule has 1 unspecified atom stereocenters. The Bertz CT molecular complexity index is 300. The lowest BCUT2D eigenvalue weighted by atomic mass is 10.3. The minimum absolute atomic E-state index is 0.0995. The summed E-state index contributed by atoms with van der Waals surface area (Å²) in [5.74, 6) is -0.735. The third-order valence-corrected chi connectivity index (χ3v) is 2.31. The molecule has 1 aromatic heterocycles. The fraction of sp³-hybridized carbons (Fsp3) is 0.429. The number of rotatable bonds is 4. The largest absolute Gasteiger partial charge is 0.381 e. The summed E-state index contributed by atoms with van der Waals surface area (Å²) in [5, 5.41) is 14.4. The second kappa shape index (κ2) is 4.20. The highest BCUT2D eigenvalue weighted by molar-refractivity contribution is 7.13. The van der Waals surface area contributed by atoms with Crippen LogP contribution in [-0.2, 0) is 4.79 Å². The Morgan fingerprint density at radius 1 is 1.92 bits per heavy atom. The fourth-order valence-electron chi connectivity index (χ4n) is 0.720. The molecule has 0 saturated heterocycles. The van der Waals surface area contributed by atoms with E-state index in [0.29, 0.717) is 5.13 Å². The summed E-state index contributed by atoms with van der Waals surface area (Å²) in [6.45, 7) is 1.97. The summed E-state index contributed by atoms with van der Waals surface area (Å²) in [4.78, 5) is 14.5. The van der Waals surface area contributed by atoms with E-state index < -0.39 is 12.0 Å². The average Bonchev–Trinajstić information content (AvgIpc) is 2.47. The van der Waals surface area contributed by atoms with Crippen molar-refractivity contribution < 1.29 is 9.90 Å². The van der Waals surface area contributed by atoms with Gasteiger partial charge in [-0.3, -0.25) is 4.79 Å². The summed E-state index contributed by atoms with van der Waals surface area (Å²) < 4.78 is 0. The Kier molecular flexibility index (Phi) is 3.21. The Morgan fingerprint density at radius 3 is 3.08 bits per heavy atom. The number of primary amides is 1. The maximum absolute atomic E-state index is 10.4. The normalized spacial score (nSPS) is 12.5. The Balaban J connectivity index is 2.39. The maximum atomic E-state index is 10.4. The number of aliphatic hydroxyl groups is 1. The topological polar surface area (TPSA) is 88.2 Å². The lowest BCUT2D eigenvalue weighted by molar-refractivity contribution is -0.125. The molecule has 13 heavy (non-hydrogen) atoms. The molecule has 0 spiro atoms. The first-order valence-electron chi connectivity index (χ1n) is 3.73. The van der Waals surface area contributed by atoms with E-state index >= 15 is 0 Å². The average molecular weight is 201 g/mol. The van der Waals surface area contributed by atoms with Gasteiger partial charge in [-0.25, -0.2) is 4.98 Å². The van der Waals surface area contributed by atoms with Crippen molar-refractivity contribution in [2.75, 3.05) is 11.9 Å². The van der Waals surface area contributed by atoms with E-state index in [0.717, 1.165) is 5.69 Å². The number of carbonyl (C=O) groups excluding carboxylic acids is 1. The first kappa shape index (κ1) is 9.94. The van der Waals surface area contributed by atoms with Gasteiger partial charge in [-0.15, -0.1) is 11.3 Å². The second-order valence-electron chi connectivity index (χ2n) is 2.59. The predicted molar refractivity (Wildman–Crippen MR) is 50.5 cm³/mol. The number of hydrogen-bond donors (Lipinski definition) is 3. The highest BCUT2D eigenvalue weighted by Gasteiger charge is 2.10. The van der Waals surface area contributed by atoms with Gasteiger partial charge in [0, 0.05) is 5.38 Å². The molecule has 0 radical (unpaired) electrons. The van der Waals surface area contributed by atoms with E-state index in [1.54, 1.807) is 0 Å². The van der Waals surface area contributed by atoms with Crippen molar-refractivity contribution in [2.24, 2.45) is 5.73 Å². The summed E-state index contributed by atoms with van der Waals surface area (Å²) in [6, 6.07) is 0. The van der Waals surface area contributed by atoms with Crippen LogP contribution in [0.25, 0.3) is 0 Å². The molecule has 6 heteroatoms. The number of anilines is 1. The van der Waals surface area contributed by atoms with Crippen molar-refractivity contribution in [3.8, 4) is 0 Å². The highest BCUT2D eigenvalue weighted by Crippen LogP contribution is 2.13. The molecule has 0 fully saturated rings. The van der Waals surface area contributed by atoms with Crippen LogP contribution in [0.3, 0.4) is 0 Å². The van der Waals surface area contributed by atoms with Gasteiger partial charge in [-0.1, -0.05) is 0 Å². The van der Waals surface area contributed by atoms with Gasteiger partial charge in [0.15, 0.2) is 5.13 Å². The Labute approximate surface area is 79.6 Å². The molecule has 0 aliphatic carbocycles. The minimum atomic E-state index is -1.16. The van der Waals surface area contributed by atoms with Crippen molar-refractivity contribution in [3.63, 3.8) is 0 Å². The lowest BCUT2D eigenvalue weighted by Crippen LogP contribution is -2.34. The zero-order valence-corrected chi connectivity index (χ0v) is 7.97. The second-order valence-corrected chi connectivity index (χ2v) is 3.45. The molecule has 0 aromatic carbocycles. The lowest BCUT2D eigenvalue weighted by Gasteiger charge is -2.05. The smallest absolute Gasteiger partial charge is 0.248 e. The van der Waals surface area contributed by atoms with Gasteiger partial charge in [-0.2, -0.15) is 0 Å². The molecule has 72 valence electrons. The molecule has 0 saturated carbocycles. The van der Waals surface area contributed by atoms with Gasteiger partial charge in [0.25, 0.3) is 0 Å². The first-order valence-corrected chi connectivity index (χ1v) is 4.61. The summed E-state index contributed by atoms with van der Waals surface area (Å²) in [6.07, 6.45) is -1.16. The summed E-state index contributed by atoms with van der Waals surface area (Å²) in [5.41, 5.74) is 5.76. The number of aryl methyl sites for hydroxylation is 1. The van der Waals surface area contributed by atoms with E-state index in [1.807, 2.05) is 12.3 Å². The van der Waals surface area contributed by atoms with Crippen LogP contribution in [0.5, 0.6) is 0 Å². The number of nitrogens with one attached hydrogen (secondary N) is 1. The van der Waals surface area contributed by atoms with Gasteiger partial charge in [0.1, 0.15) is 6.10 Å². The standard InChI is InChI=1S/C7H11N3O2S/c1-4-3-13-7(10-4)9-2-5(11)6(8)12/h3,5,11H,2H2,1H3,(H2,8,12)(H,9,10). The molecule has 1 amide bonds. The molecule has 1 atom stereocenters. The molecule has 5 nitrogen and oxygen atoms in total. The van der Waals surface area contributed by atoms with Crippen molar-refractivity contribution in [2.45, 2.75) is 13.0 Å². The number of nitrogens with two attached hydrogens (primary N) is 1. The number of nitrogens with zero attached hydrogens (tertiary/aromatic N) is 1. The van der Waals surface area contributed by atoms with Gasteiger partial charge >= 0.3 is 0 Å². The number of amides is 1. The van der Waals surface area contributed by atoms with E-state index in [1.165, 1.54) is 11.3 Å². The van der Waals surface area contributed by atoms with Crippen LogP contribution in [0.15, 0.2) is 5.38 Å². The molecule has 0 aliphatic rings. The van der Waals surface area contributed by atoms with Gasteiger partial charge in [0.2, 0.25) is 5.91 Å². The van der Waals surface area contributed by atoms with Crippen molar-refractivity contribution in [1.82, 2.24) is 4.98 Å². The van der Waals surface area contributed by atoms with Crippen LogP contribution >= 0.6 is 11.3 Å². The molecule has 1 aromatic rings. The van der Waals surface area contributed by atoms with E-state index in [4.69, 9.17) is 10.8 Å². The third-order valence-electron chi connectivity index (χ3n) is 1.39. The number of thiazole rings is 1. The van der Waals surface area contributed by atoms with Crippen molar-refractivity contribution in [1.29, 1.82) is 0 Å². The summed E-state index contributed by atoms with van der Waals surface area (Å²) in [7, 11) is 0. The van der Waals surface area contributed by atoms with E-state index in [2.05, 4.69) is 10.3 Å². The van der Waals surface area contributed by atoms with Crippen molar-refractivity contribution in [3.05, 3.63) is 11.1 Å². The number of hydrogen-bond acceptors (Lipinski definition) is 5. The third kappa shape index (κ3) is 3.00. The minimum Gasteiger partial charge on any atom is -0.381 e. The highest BCUT2D eigenvalue weighted by atomic mass is 32.1. The monoisotopic (exact) mass is 201 g/mol. The van der Waals surface area contributed by atoms with Gasteiger partial charge in [-0.05, 0) is 6.92 Å². The molecule has 0 aliphatic heterocycles. The summed E-state index contributed by atoms with van der Waals surface area (Å²) >= 11 is 1.42. The van der Waals surface area contributed by atoms with Crippen LogP contribution in [-0.4, -0.2) is 28.6 Å². The van der Waals surface area contributed by atoms with Crippen LogP contribution in [0.2, 0.25) is 0 Å². The van der Waals surface area contributed by atoms with Crippen LogP contribution in [0, 0.1) is 6.92 Å². The zero-order valence-electron chi connectivity index (χ0n) is 7.15. The molecule has 1 rings (SSSR count). The molecular weight excluding hydrogens is 190 g/mol. The molecule has 4 N–H and O–H groups in total. The van der Waals surface area contributed by atoms with Gasteiger partial charge < -0.3 is 16.2 Å². The number of carbonyl (C=O) groups is 1. The van der Waals surface area contributed by atoms with Crippen LogP contribution in [0.4, 0.5) is 5.13 Å².